The Balaban J connectivity index is 2.05. The number of methoxy groups -OCH3 is 2. The zero-order valence-corrected chi connectivity index (χ0v) is 14.8. The first-order valence-electron chi connectivity index (χ1n) is 7.08. The summed E-state index contributed by atoms with van der Waals surface area (Å²) < 4.78 is 11.4. The molecule has 2 amide bonds. The number of urea groups is 1. The van der Waals surface area contributed by atoms with Crippen molar-refractivity contribution in [2.24, 2.45) is 0 Å². The molecule has 0 aromatic heterocycles. The highest BCUT2D eigenvalue weighted by molar-refractivity contribution is 9.10. The maximum atomic E-state index is 12.2. The van der Waals surface area contributed by atoms with Crippen LogP contribution < -0.4 is 20.1 Å². The maximum Gasteiger partial charge on any atom is 0.319 e. The molecule has 2 aromatic carbocycles. The van der Waals surface area contributed by atoms with Gasteiger partial charge in [-0.05, 0) is 36.8 Å². The third-order valence-corrected chi connectivity index (χ3v) is 3.90. The minimum Gasteiger partial charge on any atom is -0.497 e. The van der Waals surface area contributed by atoms with Crippen LogP contribution in [0.3, 0.4) is 0 Å². The molecular weight excluding hydrogens is 360 g/mol. The zero-order chi connectivity index (χ0) is 16.8. The van der Waals surface area contributed by atoms with Crippen molar-refractivity contribution in [3.05, 3.63) is 52.5 Å². The number of hydrogen-bond donors (Lipinski definition) is 2. The van der Waals surface area contributed by atoms with Crippen molar-refractivity contribution in [1.29, 1.82) is 0 Å². The standard InChI is InChI=1S/C17H19BrN2O3/c1-11(12-4-6-13(18)7-5-12)19-17(21)20-15-10-14(22-2)8-9-16(15)23-3/h4-11H,1-3H3,(H2,19,20,21). The molecule has 5 nitrogen and oxygen atoms in total. The summed E-state index contributed by atoms with van der Waals surface area (Å²) >= 11 is 3.39. The highest BCUT2D eigenvalue weighted by atomic mass is 79.9. The number of ether oxygens (including phenoxy) is 2. The van der Waals surface area contributed by atoms with Crippen LogP contribution in [0.4, 0.5) is 10.5 Å². The second kappa shape index (κ2) is 7.87. The van der Waals surface area contributed by atoms with E-state index in [1.807, 2.05) is 31.2 Å². The second-order valence-electron chi connectivity index (χ2n) is 4.94. The molecule has 0 bridgehead atoms. The van der Waals surface area contributed by atoms with Gasteiger partial charge in [-0.15, -0.1) is 0 Å². The highest BCUT2D eigenvalue weighted by Crippen LogP contribution is 2.29. The van der Waals surface area contributed by atoms with E-state index >= 15 is 0 Å². The van der Waals surface area contributed by atoms with Crippen molar-refractivity contribution >= 4 is 27.6 Å². The lowest BCUT2D eigenvalue weighted by Crippen LogP contribution is -2.31. The van der Waals surface area contributed by atoms with Gasteiger partial charge in [0.2, 0.25) is 0 Å². The van der Waals surface area contributed by atoms with Gasteiger partial charge in [0.1, 0.15) is 11.5 Å². The number of rotatable bonds is 5. The molecule has 0 aliphatic heterocycles. The van der Waals surface area contributed by atoms with Crippen LogP contribution in [0.25, 0.3) is 0 Å². The Morgan fingerprint density at radius 3 is 2.39 bits per heavy atom. The van der Waals surface area contributed by atoms with Crippen molar-refractivity contribution < 1.29 is 14.3 Å². The van der Waals surface area contributed by atoms with Crippen LogP contribution in [0.15, 0.2) is 46.9 Å². The molecule has 0 aliphatic rings. The monoisotopic (exact) mass is 378 g/mol. The lowest BCUT2D eigenvalue weighted by Gasteiger charge is -2.16. The third kappa shape index (κ3) is 4.63. The average Bonchev–Trinajstić information content (AvgIpc) is 2.55. The molecule has 0 heterocycles. The van der Waals surface area contributed by atoms with Crippen molar-refractivity contribution in [1.82, 2.24) is 5.32 Å². The molecule has 2 aromatic rings. The lowest BCUT2D eigenvalue weighted by atomic mass is 10.1. The number of nitrogens with one attached hydrogen (secondary N) is 2. The first-order chi connectivity index (χ1) is 11.0. The predicted molar refractivity (Wildman–Crippen MR) is 94.3 cm³/mol. The van der Waals surface area contributed by atoms with E-state index < -0.39 is 0 Å². The van der Waals surface area contributed by atoms with Gasteiger partial charge in [0.15, 0.2) is 0 Å². The van der Waals surface area contributed by atoms with Crippen LogP contribution >= 0.6 is 15.9 Å². The van der Waals surface area contributed by atoms with Gasteiger partial charge >= 0.3 is 6.03 Å². The van der Waals surface area contributed by atoms with E-state index in [0.717, 1.165) is 10.0 Å². The highest BCUT2D eigenvalue weighted by Gasteiger charge is 2.12. The first kappa shape index (κ1) is 17.1. The Labute approximate surface area is 144 Å². The van der Waals surface area contributed by atoms with E-state index in [1.165, 1.54) is 0 Å². The number of carbonyl (C=O) groups is 1. The Morgan fingerprint density at radius 2 is 1.78 bits per heavy atom. The Morgan fingerprint density at radius 1 is 1.09 bits per heavy atom. The summed E-state index contributed by atoms with van der Waals surface area (Å²) in [6.45, 7) is 1.92. The molecule has 0 aliphatic carbocycles. The largest absolute Gasteiger partial charge is 0.497 e. The van der Waals surface area contributed by atoms with E-state index in [9.17, 15) is 4.79 Å². The predicted octanol–water partition coefficient (Wildman–Crippen LogP) is 4.35. The van der Waals surface area contributed by atoms with Crippen LogP contribution in [0.5, 0.6) is 11.5 Å². The van der Waals surface area contributed by atoms with Gasteiger partial charge in [-0.3, -0.25) is 0 Å². The molecule has 2 rings (SSSR count). The van der Waals surface area contributed by atoms with E-state index in [1.54, 1.807) is 32.4 Å². The molecule has 6 heteroatoms. The minimum absolute atomic E-state index is 0.125. The number of amides is 2. The second-order valence-corrected chi connectivity index (χ2v) is 5.85. The SMILES string of the molecule is COc1ccc(OC)c(NC(=O)NC(C)c2ccc(Br)cc2)c1. The normalized spacial score (nSPS) is 11.5. The van der Waals surface area contributed by atoms with E-state index in [2.05, 4.69) is 26.6 Å². The van der Waals surface area contributed by atoms with Crippen LogP contribution in [0.1, 0.15) is 18.5 Å². The molecule has 122 valence electrons. The summed E-state index contributed by atoms with van der Waals surface area (Å²) in [6, 6.07) is 12.6. The lowest BCUT2D eigenvalue weighted by molar-refractivity contribution is 0.249. The van der Waals surface area contributed by atoms with Crippen molar-refractivity contribution in [2.45, 2.75) is 13.0 Å². The van der Waals surface area contributed by atoms with Crippen LogP contribution in [0.2, 0.25) is 0 Å². The van der Waals surface area contributed by atoms with Crippen molar-refractivity contribution in [3.63, 3.8) is 0 Å². The first-order valence-corrected chi connectivity index (χ1v) is 7.87. The summed E-state index contributed by atoms with van der Waals surface area (Å²) in [5.41, 5.74) is 1.56. The Kier molecular flexibility index (Phi) is 5.87. The van der Waals surface area contributed by atoms with E-state index in [4.69, 9.17) is 9.47 Å². The van der Waals surface area contributed by atoms with Crippen LogP contribution in [-0.2, 0) is 0 Å². The fourth-order valence-electron chi connectivity index (χ4n) is 2.10. The van der Waals surface area contributed by atoms with Gasteiger partial charge in [-0.2, -0.15) is 0 Å². The average molecular weight is 379 g/mol. The van der Waals surface area contributed by atoms with E-state index in [-0.39, 0.29) is 12.1 Å². The molecule has 23 heavy (non-hydrogen) atoms. The molecule has 0 fully saturated rings. The molecule has 0 saturated carbocycles. The van der Waals surface area contributed by atoms with Crippen LogP contribution in [-0.4, -0.2) is 20.3 Å². The smallest absolute Gasteiger partial charge is 0.319 e. The molecule has 0 spiro atoms. The molecule has 1 atom stereocenters. The third-order valence-electron chi connectivity index (χ3n) is 3.37. The summed E-state index contributed by atoms with van der Waals surface area (Å²) in [5, 5.41) is 5.68. The molecular formula is C17H19BrN2O3. The number of benzene rings is 2. The zero-order valence-electron chi connectivity index (χ0n) is 13.2. The van der Waals surface area contributed by atoms with Gasteiger partial charge in [0.05, 0.1) is 25.9 Å². The van der Waals surface area contributed by atoms with Crippen molar-refractivity contribution in [3.8, 4) is 11.5 Å². The van der Waals surface area contributed by atoms with Gasteiger partial charge in [-0.25, -0.2) is 4.79 Å². The van der Waals surface area contributed by atoms with Gasteiger partial charge in [0.25, 0.3) is 0 Å². The minimum atomic E-state index is -0.313. The molecule has 0 radical (unpaired) electrons. The summed E-state index contributed by atoms with van der Waals surface area (Å²) in [6.07, 6.45) is 0. The van der Waals surface area contributed by atoms with Gasteiger partial charge in [-0.1, -0.05) is 28.1 Å². The van der Waals surface area contributed by atoms with E-state index in [0.29, 0.717) is 17.2 Å². The number of anilines is 1. The summed E-state index contributed by atoms with van der Waals surface area (Å²) in [7, 11) is 3.12. The van der Waals surface area contributed by atoms with Crippen LogP contribution in [0, 0.1) is 0 Å². The molecule has 1 unspecified atom stereocenters. The van der Waals surface area contributed by atoms with Crippen molar-refractivity contribution in [2.75, 3.05) is 19.5 Å². The fourth-order valence-corrected chi connectivity index (χ4v) is 2.37. The van der Waals surface area contributed by atoms with Gasteiger partial charge in [0, 0.05) is 10.5 Å². The molecule has 2 N–H and O–H groups in total. The number of carbonyl (C=O) groups excluding carboxylic acids is 1. The Hall–Kier alpha value is -2.21. The fraction of sp³-hybridized carbons (Fsp3) is 0.235. The summed E-state index contributed by atoms with van der Waals surface area (Å²) in [5.74, 6) is 1.21. The number of halogens is 1. The quantitative estimate of drug-likeness (QED) is 0.812. The Bertz CT molecular complexity index is 674. The molecule has 0 saturated heterocycles. The summed E-state index contributed by atoms with van der Waals surface area (Å²) in [4.78, 5) is 12.2. The number of hydrogen-bond acceptors (Lipinski definition) is 3. The van der Waals surface area contributed by atoms with Gasteiger partial charge < -0.3 is 20.1 Å². The topological polar surface area (TPSA) is 59.6 Å². The maximum absolute atomic E-state index is 12.2.